The molecule has 2 rings (SSSR count). The van der Waals surface area contributed by atoms with E-state index in [1.54, 1.807) is 0 Å². The highest BCUT2D eigenvalue weighted by atomic mass is 16.5. The van der Waals surface area contributed by atoms with E-state index in [0.717, 1.165) is 30.5 Å². The van der Waals surface area contributed by atoms with Gasteiger partial charge < -0.3 is 14.6 Å². The van der Waals surface area contributed by atoms with Crippen LogP contribution in [0.3, 0.4) is 0 Å². The SMILES string of the molecule is CCNCc1cccc(OCc2nnc(C)n2C)c1. The standard InChI is InChI=1S/C14H20N4O/c1-4-15-9-12-6-5-7-13(8-12)19-10-14-17-16-11(2)18(14)3/h5-8,15H,4,9-10H2,1-3H3. The molecule has 0 radical (unpaired) electrons. The van der Waals surface area contributed by atoms with Gasteiger partial charge in [-0.15, -0.1) is 10.2 Å². The number of hydrogen-bond acceptors (Lipinski definition) is 4. The van der Waals surface area contributed by atoms with Crippen LogP contribution in [0.4, 0.5) is 0 Å². The van der Waals surface area contributed by atoms with Crippen LogP contribution in [-0.2, 0) is 20.2 Å². The molecule has 102 valence electrons. The number of nitrogens with zero attached hydrogens (tertiary/aromatic N) is 3. The largest absolute Gasteiger partial charge is 0.486 e. The lowest BCUT2D eigenvalue weighted by molar-refractivity contribution is 0.290. The van der Waals surface area contributed by atoms with Crippen molar-refractivity contribution < 1.29 is 4.74 Å². The summed E-state index contributed by atoms with van der Waals surface area (Å²) in [6.07, 6.45) is 0. The molecule has 1 aromatic carbocycles. The van der Waals surface area contributed by atoms with Gasteiger partial charge in [-0.25, -0.2) is 0 Å². The number of ether oxygens (including phenoxy) is 1. The second kappa shape index (κ2) is 6.33. The van der Waals surface area contributed by atoms with Crippen LogP contribution in [0.2, 0.25) is 0 Å². The zero-order valence-electron chi connectivity index (χ0n) is 11.7. The van der Waals surface area contributed by atoms with Crippen LogP contribution in [0.15, 0.2) is 24.3 Å². The zero-order chi connectivity index (χ0) is 13.7. The van der Waals surface area contributed by atoms with Crippen molar-refractivity contribution in [1.82, 2.24) is 20.1 Å². The van der Waals surface area contributed by atoms with E-state index in [9.17, 15) is 0 Å². The molecule has 2 aromatic rings. The van der Waals surface area contributed by atoms with Crippen LogP contribution in [-0.4, -0.2) is 21.3 Å². The van der Waals surface area contributed by atoms with Gasteiger partial charge in [0, 0.05) is 13.6 Å². The Morgan fingerprint density at radius 2 is 2.16 bits per heavy atom. The number of hydrogen-bond donors (Lipinski definition) is 1. The van der Waals surface area contributed by atoms with E-state index >= 15 is 0 Å². The topological polar surface area (TPSA) is 52.0 Å². The molecule has 0 atom stereocenters. The summed E-state index contributed by atoms with van der Waals surface area (Å²) in [5, 5.41) is 11.4. The van der Waals surface area contributed by atoms with E-state index in [0.29, 0.717) is 6.61 Å². The molecule has 0 fully saturated rings. The molecule has 0 aliphatic heterocycles. The molecule has 1 heterocycles. The lowest BCUT2D eigenvalue weighted by Crippen LogP contribution is -2.11. The lowest BCUT2D eigenvalue weighted by atomic mass is 10.2. The van der Waals surface area contributed by atoms with Crippen molar-refractivity contribution >= 4 is 0 Å². The van der Waals surface area contributed by atoms with Crippen molar-refractivity contribution in [3.8, 4) is 5.75 Å². The van der Waals surface area contributed by atoms with E-state index in [2.05, 4.69) is 28.5 Å². The second-order valence-electron chi connectivity index (χ2n) is 4.44. The predicted molar refractivity (Wildman–Crippen MR) is 73.9 cm³/mol. The quantitative estimate of drug-likeness (QED) is 0.860. The van der Waals surface area contributed by atoms with Crippen molar-refractivity contribution in [3.63, 3.8) is 0 Å². The van der Waals surface area contributed by atoms with Crippen LogP contribution in [0.25, 0.3) is 0 Å². The molecule has 0 saturated carbocycles. The number of aryl methyl sites for hydroxylation is 1. The van der Waals surface area contributed by atoms with Crippen molar-refractivity contribution in [1.29, 1.82) is 0 Å². The van der Waals surface area contributed by atoms with Gasteiger partial charge in [-0.2, -0.15) is 0 Å². The third kappa shape index (κ3) is 3.54. The fourth-order valence-corrected chi connectivity index (χ4v) is 1.74. The smallest absolute Gasteiger partial charge is 0.170 e. The summed E-state index contributed by atoms with van der Waals surface area (Å²) >= 11 is 0. The molecule has 0 spiro atoms. The third-order valence-corrected chi connectivity index (χ3v) is 3.03. The molecule has 1 N–H and O–H groups in total. The average Bonchev–Trinajstić information content (AvgIpc) is 2.75. The first-order chi connectivity index (χ1) is 9.20. The van der Waals surface area contributed by atoms with E-state index in [1.165, 1.54) is 5.56 Å². The Hall–Kier alpha value is -1.88. The average molecular weight is 260 g/mol. The maximum Gasteiger partial charge on any atom is 0.170 e. The van der Waals surface area contributed by atoms with E-state index in [4.69, 9.17) is 4.74 Å². The molecule has 0 bridgehead atoms. The van der Waals surface area contributed by atoms with Crippen LogP contribution >= 0.6 is 0 Å². The van der Waals surface area contributed by atoms with Gasteiger partial charge in [0.25, 0.3) is 0 Å². The van der Waals surface area contributed by atoms with Gasteiger partial charge in [0.15, 0.2) is 5.82 Å². The molecule has 1 aromatic heterocycles. The summed E-state index contributed by atoms with van der Waals surface area (Å²) in [7, 11) is 1.94. The molecular weight excluding hydrogens is 240 g/mol. The zero-order valence-corrected chi connectivity index (χ0v) is 11.7. The second-order valence-corrected chi connectivity index (χ2v) is 4.44. The van der Waals surface area contributed by atoms with Crippen molar-refractivity contribution in [2.45, 2.75) is 27.0 Å². The van der Waals surface area contributed by atoms with Crippen LogP contribution < -0.4 is 10.1 Å². The summed E-state index contributed by atoms with van der Waals surface area (Å²) in [6.45, 7) is 6.27. The predicted octanol–water partition coefficient (Wildman–Crippen LogP) is 1.81. The monoisotopic (exact) mass is 260 g/mol. The van der Waals surface area contributed by atoms with Gasteiger partial charge in [-0.1, -0.05) is 19.1 Å². The number of nitrogens with one attached hydrogen (secondary N) is 1. The Labute approximate surface area is 113 Å². The Morgan fingerprint density at radius 3 is 2.84 bits per heavy atom. The fourth-order valence-electron chi connectivity index (χ4n) is 1.74. The molecule has 19 heavy (non-hydrogen) atoms. The lowest BCUT2D eigenvalue weighted by Gasteiger charge is -2.08. The van der Waals surface area contributed by atoms with Gasteiger partial charge in [0.05, 0.1) is 0 Å². The van der Waals surface area contributed by atoms with Crippen LogP contribution in [0.5, 0.6) is 5.75 Å². The first-order valence-corrected chi connectivity index (χ1v) is 6.48. The minimum absolute atomic E-state index is 0.433. The maximum absolute atomic E-state index is 5.76. The molecular formula is C14H20N4O. The first-order valence-electron chi connectivity index (χ1n) is 6.48. The Kier molecular flexibility index (Phi) is 4.52. The molecule has 0 amide bonds. The molecule has 0 aliphatic carbocycles. The normalized spacial score (nSPS) is 10.7. The highest BCUT2D eigenvalue weighted by Crippen LogP contribution is 2.14. The van der Waals surface area contributed by atoms with Gasteiger partial charge >= 0.3 is 0 Å². The highest BCUT2D eigenvalue weighted by Gasteiger charge is 2.05. The van der Waals surface area contributed by atoms with E-state index in [-0.39, 0.29) is 0 Å². The first kappa shape index (κ1) is 13.5. The molecule has 0 aliphatic rings. The van der Waals surface area contributed by atoms with Crippen molar-refractivity contribution in [2.24, 2.45) is 7.05 Å². The summed E-state index contributed by atoms with van der Waals surface area (Å²) in [6, 6.07) is 8.09. The summed E-state index contributed by atoms with van der Waals surface area (Å²) < 4.78 is 7.69. The third-order valence-electron chi connectivity index (χ3n) is 3.03. The van der Waals surface area contributed by atoms with Gasteiger partial charge in [-0.3, -0.25) is 0 Å². The molecule has 5 nitrogen and oxygen atoms in total. The van der Waals surface area contributed by atoms with E-state index < -0.39 is 0 Å². The number of benzene rings is 1. The van der Waals surface area contributed by atoms with Crippen LogP contribution in [0, 0.1) is 6.92 Å². The Bertz CT molecular complexity index is 536. The Morgan fingerprint density at radius 1 is 1.32 bits per heavy atom. The summed E-state index contributed by atoms with van der Waals surface area (Å²) in [5.41, 5.74) is 1.22. The maximum atomic E-state index is 5.76. The van der Waals surface area contributed by atoms with Crippen molar-refractivity contribution in [2.75, 3.05) is 6.54 Å². The minimum Gasteiger partial charge on any atom is -0.486 e. The van der Waals surface area contributed by atoms with Gasteiger partial charge in [-0.05, 0) is 31.2 Å². The summed E-state index contributed by atoms with van der Waals surface area (Å²) in [4.78, 5) is 0. The number of rotatable bonds is 6. The van der Waals surface area contributed by atoms with Gasteiger partial charge in [0.2, 0.25) is 0 Å². The van der Waals surface area contributed by atoms with Gasteiger partial charge in [0.1, 0.15) is 18.2 Å². The van der Waals surface area contributed by atoms with Crippen molar-refractivity contribution in [3.05, 3.63) is 41.5 Å². The van der Waals surface area contributed by atoms with E-state index in [1.807, 2.05) is 36.7 Å². The fraction of sp³-hybridized carbons (Fsp3) is 0.429. The van der Waals surface area contributed by atoms with Crippen LogP contribution in [0.1, 0.15) is 24.1 Å². The Balaban J connectivity index is 1.97. The molecule has 0 unspecified atom stereocenters. The number of aromatic nitrogens is 3. The molecule has 5 heteroatoms. The summed E-state index contributed by atoms with van der Waals surface area (Å²) in [5.74, 6) is 2.57. The highest BCUT2D eigenvalue weighted by molar-refractivity contribution is 5.28. The molecule has 0 saturated heterocycles. The minimum atomic E-state index is 0.433.